The lowest BCUT2D eigenvalue weighted by Gasteiger charge is -2.36. The zero-order chi connectivity index (χ0) is 24.6. The molecule has 0 bridgehead atoms. The van der Waals surface area contributed by atoms with E-state index in [1.54, 1.807) is 29.4 Å². The molecule has 1 atom stereocenters. The monoisotopic (exact) mass is 508 g/mol. The molecule has 178 valence electrons. The van der Waals surface area contributed by atoms with Gasteiger partial charge in [0.25, 0.3) is 0 Å². The second-order valence-corrected chi connectivity index (χ2v) is 9.79. The van der Waals surface area contributed by atoms with Crippen LogP contribution in [0.25, 0.3) is 11.6 Å². The first-order valence-corrected chi connectivity index (χ1v) is 11.9. The molecule has 4 rings (SSSR count). The van der Waals surface area contributed by atoms with Crippen LogP contribution in [0, 0.1) is 5.82 Å². The molecule has 9 heteroatoms. The van der Waals surface area contributed by atoms with Crippen LogP contribution in [0.4, 0.5) is 28.9 Å². The molecule has 1 heterocycles. The van der Waals surface area contributed by atoms with Gasteiger partial charge in [-0.25, -0.2) is 4.39 Å². The van der Waals surface area contributed by atoms with Crippen molar-refractivity contribution in [1.82, 2.24) is 0 Å². The molecule has 0 aliphatic carbocycles. The SMILES string of the molecule is C/C(=C\c1ccc2c(c1)N([S+]([O-])c1cccc(C(F)(F)F)c1)CCN2C)c1c(F)cccc1Cl. The first kappa shape index (κ1) is 24.4. The second-order valence-electron chi connectivity index (χ2n) is 7.97. The highest BCUT2D eigenvalue weighted by molar-refractivity contribution is 7.92. The molecule has 3 nitrogen and oxygen atoms in total. The minimum Gasteiger partial charge on any atom is -0.588 e. The topological polar surface area (TPSA) is 29.5 Å². The zero-order valence-electron chi connectivity index (χ0n) is 18.4. The van der Waals surface area contributed by atoms with Gasteiger partial charge in [-0.1, -0.05) is 35.9 Å². The van der Waals surface area contributed by atoms with E-state index in [-0.39, 0.29) is 4.90 Å². The van der Waals surface area contributed by atoms with Gasteiger partial charge in [0, 0.05) is 25.2 Å². The Bertz CT molecular complexity index is 1230. The van der Waals surface area contributed by atoms with Crippen molar-refractivity contribution >= 4 is 46.0 Å². The van der Waals surface area contributed by atoms with Crippen LogP contribution in [-0.4, -0.2) is 24.7 Å². The molecule has 1 unspecified atom stereocenters. The van der Waals surface area contributed by atoms with Crippen molar-refractivity contribution in [3.05, 3.63) is 88.2 Å². The van der Waals surface area contributed by atoms with Crippen molar-refractivity contribution in [2.45, 2.75) is 18.0 Å². The van der Waals surface area contributed by atoms with E-state index in [4.69, 9.17) is 11.6 Å². The molecule has 0 fully saturated rings. The van der Waals surface area contributed by atoms with Crippen LogP contribution in [0.2, 0.25) is 5.02 Å². The van der Waals surface area contributed by atoms with E-state index in [2.05, 4.69) is 0 Å². The van der Waals surface area contributed by atoms with Crippen molar-refractivity contribution in [2.75, 3.05) is 29.3 Å². The van der Waals surface area contributed by atoms with Crippen LogP contribution in [0.15, 0.2) is 65.6 Å². The molecule has 0 saturated heterocycles. The molecule has 1 aliphatic heterocycles. The molecule has 0 spiro atoms. The van der Waals surface area contributed by atoms with E-state index in [9.17, 15) is 22.1 Å². The molecule has 0 aromatic heterocycles. The summed E-state index contributed by atoms with van der Waals surface area (Å²) in [6.07, 6.45) is -2.76. The number of benzene rings is 3. The minimum atomic E-state index is -4.52. The number of anilines is 2. The number of nitrogens with zero attached hydrogens (tertiary/aromatic N) is 2. The van der Waals surface area contributed by atoms with Gasteiger partial charge in [0.15, 0.2) is 4.90 Å². The summed E-state index contributed by atoms with van der Waals surface area (Å²) in [4.78, 5) is 2.06. The van der Waals surface area contributed by atoms with E-state index < -0.39 is 28.9 Å². The third kappa shape index (κ3) is 4.89. The summed E-state index contributed by atoms with van der Waals surface area (Å²) in [6.45, 7) is 2.66. The Morgan fingerprint density at radius 3 is 2.47 bits per heavy atom. The molecular formula is C25H21ClF4N2OS. The van der Waals surface area contributed by atoms with Crippen LogP contribution in [0.3, 0.4) is 0 Å². The largest absolute Gasteiger partial charge is 0.588 e. The Balaban J connectivity index is 1.73. The van der Waals surface area contributed by atoms with Gasteiger partial charge in [-0.15, -0.1) is 0 Å². The maximum atomic E-state index is 14.3. The summed E-state index contributed by atoms with van der Waals surface area (Å²) in [5.41, 5.74) is 2.19. The van der Waals surface area contributed by atoms with Crippen molar-refractivity contribution in [1.29, 1.82) is 0 Å². The van der Waals surface area contributed by atoms with Crippen LogP contribution in [0.5, 0.6) is 0 Å². The van der Waals surface area contributed by atoms with E-state index in [1.807, 2.05) is 24.1 Å². The molecule has 0 amide bonds. The van der Waals surface area contributed by atoms with Crippen LogP contribution < -0.4 is 9.21 Å². The summed E-state index contributed by atoms with van der Waals surface area (Å²) in [7, 11) is 1.89. The summed E-state index contributed by atoms with van der Waals surface area (Å²) in [5, 5.41) is 0.290. The highest BCUT2D eigenvalue weighted by atomic mass is 35.5. The lowest BCUT2D eigenvalue weighted by Crippen LogP contribution is -2.42. The molecule has 3 aromatic rings. The zero-order valence-corrected chi connectivity index (χ0v) is 19.9. The first-order chi connectivity index (χ1) is 16.1. The molecule has 3 aromatic carbocycles. The minimum absolute atomic E-state index is 0.0700. The number of halogens is 5. The molecule has 0 N–H and O–H groups in total. The van der Waals surface area contributed by atoms with Gasteiger partial charge in [0.2, 0.25) is 0 Å². The van der Waals surface area contributed by atoms with Crippen molar-refractivity contribution in [2.24, 2.45) is 0 Å². The van der Waals surface area contributed by atoms with Crippen LogP contribution in [-0.2, 0) is 17.5 Å². The molecular weight excluding hydrogens is 488 g/mol. The molecule has 0 saturated carbocycles. The standard InChI is InChI=1S/C25H21ClF4N2OS/c1-16(24-20(26)7-4-8-21(24)27)13-17-9-10-22-23(14-17)32(12-11-31(22)2)34(33)19-6-3-5-18(15-19)25(28,29)30/h3-10,13-15H,11-12H2,1-2H3/b16-13+. The average molecular weight is 509 g/mol. The summed E-state index contributed by atoms with van der Waals surface area (Å²) >= 11 is 4.34. The van der Waals surface area contributed by atoms with Crippen molar-refractivity contribution in [3.63, 3.8) is 0 Å². The van der Waals surface area contributed by atoms with Gasteiger partial charge in [0.1, 0.15) is 22.9 Å². The van der Waals surface area contributed by atoms with Gasteiger partial charge < -0.3 is 9.45 Å². The Hall–Kier alpha value is -2.68. The maximum absolute atomic E-state index is 14.3. The Morgan fingerprint density at radius 1 is 1.03 bits per heavy atom. The predicted molar refractivity (Wildman–Crippen MR) is 130 cm³/mol. The number of allylic oxidation sites excluding steroid dienone is 1. The number of hydrogen-bond donors (Lipinski definition) is 0. The molecule has 34 heavy (non-hydrogen) atoms. The van der Waals surface area contributed by atoms with Crippen molar-refractivity contribution < 1.29 is 22.1 Å². The van der Waals surface area contributed by atoms with E-state index in [1.165, 1.54) is 24.3 Å². The Kier molecular flexibility index (Phi) is 6.85. The predicted octanol–water partition coefficient (Wildman–Crippen LogP) is 7.04. The summed E-state index contributed by atoms with van der Waals surface area (Å²) in [5.74, 6) is -0.439. The highest BCUT2D eigenvalue weighted by Crippen LogP contribution is 2.39. The van der Waals surface area contributed by atoms with Gasteiger partial charge >= 0.3 is 6.18 Å². The summed E-state index contributed by atoms with van der Waals surface area (Å²) < 4.78 is 68.8. The number of rotatable bonds is 4. The Labute approximate surface area is 203 Å². The first-order valence-electron chi connectivity index (χ1n) is 10.4. The fourth-order valence-corrected chi connectivity index (χ4v) is 5.47. The van der Waals surface area contributed by atoms with Crippen molar-refractivity contribution in [3.8, 4) is 0 Å². The second kappa shape index (κ2) is 9.52. The van der Waals surface area contributed by atoms with Crippen LogP contribution >= 0.6 is 11.6 Å². The average Bonchev–Trinajstić information content (AvgIpc) is 2.78. The normalized spacial score (nSPS) is 15.4. The lowest BCUT2D eigenvalue weighted by atomic mass is 10.0. The van der Waals surface area contributed by atoms with E-state index in [0.717, 1.165) is 23.4 Å². The van der Waals surface area contributed by atoms with Gasteiger partial charge in [-0.05, 0) is 54.5 Å². The smallest absolute Gasteiger partial charge is 0.416 e. The molecule has 1 aliphatic rings. The highest BCUT2D eigenvalue weighted by Gasteiger charge is 2.34. The van der Waals surface area contributed by atoms with Gasteiger partial charge in [-0.3, -0.25) is 0 Å². The summed E-state index contributed by atoms with van der Waals surface area (Å²) in [6, 6.07) is 14.5. The van der Waals surface area contributed by atoms with Gasteiger partial charge in [-0.2, -0.15) is 17.5 Å². The van der Waals surface area contributed by atoms with E-state index in [0.29, 0.717) is 34.9 Å². The third-order valence-electron chi connectivity index (χ3n) is 5.62. The van der Waals surface area contributed by atoms with E-state index >= 15 is 0 Å². The van der Waals surface area contributed by atoms with Gasteiger partial charge in [0.05, 0.1) is 22.8 Å². The fraction of sp³-hybridized carbons (Fsp3) is 0.200. The quantitative estimate of drug-likeness (QED) is 0.215. The number of hydrogen-bond acceptors (Lipinski definition) is 3. The maximum Gasteiger partial charge on any atom is 0.416 e. The number of fused-ring (bicyclic) bond motifs is 1. The lowest BCUT2D eigenvalue weighted by molar-refractivity contribution is -0.137. The third-order valence-corrected chi connectivity index (χ3v) is 7.37. The number of likely N-dealkylation sites (N-methyl/N-ethyl adjacent to an activating group) is 1. The number of alkyl halides is 3. The van der Waals surface area contributed by atoms with Crippen LogP contribution in [0.1, 0.15) is 23.6 Å². The Morgan fingerprint density at radius 2 is 1.76 bits per heavy atom. The fourth-order valence-electron chi connectivity index (χ4n) is 3.91. The molecule has 0 radical (unpaired) electrons.